The van der Waals surface area contributed by atoms with Crippen molar-refractivity contribution in [3.05, 3.63) is 53.3 Å². The van der Waals surface area contributed by atoms with Crippen LogP contribution in [0.4, 0.5) is 15.8 Å². The first-order chi connectivity index (χ1) is 13.5. The third kappa shape index (κ3) is 3.75. The van der Waals surface area contributed by atoms with Gasteiger partial charge in [-0.2, -0.15) is 0 Å². The molecule has 0 bridgehead atoms. The van der Waals surface area contributed by atoms with Crippen molar-refractivity contribution in [3.63, 3.8) is 0 Å². The Kier molecular flexibility index (Phi) is 5.09. The zero-order valence-electron chi connectivity index (χ0n) is 15.1. The van der Waals surface area contributed by atoms with E-state index in [-0.39, 0.29) is 24.8 Å². The molecule has 0 aliphatic carbocycles. The fourth-order valence-electron chi connectivity index (χ4n) is 3.53. The third-order valence-electron chi connectivity index (χ3n) is 4.96. The number of para-hydroxylation sites is 1. The Morgan fingerprint density at radius 3 is 2.57 bits per heavy atom. The molecule has 1 amide bonds. The van der Waals surface area contributed by atoms with Gasteiger partial charge in [0.05, 0.1) is 17.9 Å². The SMILES string of the molecule is O=C1CN(CC(=O)N2CCN(c3ccccc3F)CC2)c2cc(Cl)ccc2O1. The summed E-state index contributed by atoms with van der Waals surface area (Å²) in [5.41, 5.74) is 1.18. The number of carbonyl (C=O) groups is 2. The maximum absolute atomic E-state index is 14.0. The van der Waals surface area contributed by atoms with Crippen molar-refractivity contribution in [1.29, 1.82) is 0 Å². The van der Waals surface area contributed by atoms with Crippen LogP contribution in [-0.2, 0) is 9.59 Å². The average molecular weight is 404 g/mol. The first-order valence-electron chi connectivity index (χ1n) is 9.04. The topological polar surface area (TPSA) is 53.1 Å². The van der Waals surface area contributed by atoms with Crippen LogP contribution in [0.3, 0.4) is 0 Å². The molecule has 1 saturated heterocycles. The predicted octanol–water partition coefficient (Wildman–Crippen LogP) is 2.55. The minimum atomic E-state index is -0.410. The zero-order chi connectivity index (χ0) is 19.7. The van der Waals surface area contributed by atoms with Crippen molar-refractivity contribution < 1.29 is 18.7 Å². The minimum absolute atomic E-state index is 0.00568. The van der Waals surface area contributed by atoms with Crippen LogP contribution in [-0.4, -0.2) is 56.0 Å². The standard InChI is InChI=1S/C20H19ClFN3O3/c21-14-5-6-18-17(11-14)25(13-20(27)28-18)12-19(26)24-9-7-23(8-10-24)16-4-2-1-3-15(16)22/h1-6,11H,7-10,12-13H2. The summed E-state index contributed by atoms with van der Waals surface area (Å²) in [6.45, 7) is 2.15. The second-order valence-corrected chi connectivity index (χ2v) is 7.20. The van der Waals surface area contributed by atoms with E-state index in [1.165, 1.54) is 6.07 Å². The summed E-state index contributed by atoms with van der Waals surface area (Å²) >= 11 is 6.05. The van der Waals surface area contributed by atoms with E-state index in [4.69, 9.17) is 16.3 Å². The quantitative estimate of drug-likeness (QED) is 0.582. The van der Waals surface area contributed by atoms with Gasteiger partial charge in [0.1, 0.15) is 12.4 Å². The lowest BCUT2D eigenvalue weighted by Crippen LogP contribution is -2.52. The molecule has 4 rings (SSSR count). The smallest absolute Gasteiger partial charge is 0.331 e. The third-order valence-corrected chi connectivity index (χ3v) is 5.19. The molecular formula is C20H19ClFN3O3. The number of benzene rings is 2. The maximum Gasteiger partial charge on any atom is 0.331 e. The van der Waals surface area contributed by atoms with Gasteiger partial charge in [-0.05, 0) is 30.3 Å². The fraction of sp³-hybridized carbons (Fsp3) is 0.300. The number of esters is 1. The van der Waals surface area contributed by atoms with Crippen molar-refractivity contribution in [3.8, 4) is 5.75 Å². The molecule has 2 aromatic rings. The van der Waals surface area contributed by atoms with E-state index in [9.17, 15) is 14.0 Å². The van der Waals surface area contributed by atoms with Crippen molar-refractivity contribution in [2.24, 2.45) is 0 Å². The lowest BCUT2D eigenvalue weighted by Gasteiger charge is -2.37. The van der Waals surface area contributed by atoms with Gasteiger partial charge < -0.3 is 19.4 Å². The van der Waals surface area contributed by atoms with Crippen LogP contribution >= 0.6 is 11.6 Å². The number of nitrogens with zero attached hydrogens (tertiary/aromatic N) is 3. The summed E-state index contributed by atoms with van der Waals surface area (Å²) in [6.07, 6.45) is 0. The molecule has 0 unspecified atom stereocenters. The number of fused-ring (bicyclic) bond motifs is 1. The summed E-state index contributed by atoms with van der Waals surface area (Å²) in [5.74, 6) is -0.360. The summed E-state index contributed by atoms with van der Waals surface area (Å²) in [4.78, 5) is 30.0. The maximum atomic E-state index is 14.0. The van der Waals surface area contributed by atoms with E-state index in [1.54, 1.807) is 46.2 Å². The van der Waals surface area contributed by atoms with Crippen LogP contribution in [0.25, 0.3) is 0 Å². The van der Waals surface area contributed by atoms with Gasteiger partial charge >= 0.3 is 5.97 Å². The number of ether oxygens (including phenoxy) is 1. The summed E-state index contributed by atoms with van der Waals surface area (Å²) < 4.78 is 19.2. The van der Waals surface area contributed by atoms with E-state index in [2.05, 4.69) is 0 Å². The molecular weight excluding hydrogens is 385 g/mol. The summed E-state index contributed by atoms with van der Waals surface area (Å²) in [6, 6.07) is 11.6. The number of anilines is 2. The number of amides is 1. The van der Waals surface area contributed by atoms with Crippen molar-refractivity contribution >= 4 is 34.9 Å². The number of halogens is 2. The molecule has 6 nitrogen and oxygen atoms in total. The molecule has 0 atom stereocenters. The minimum Gasteiger partial charge on any atom is -0.423 e. The Morgan fingerprint density at radius 2 is 1.82 bits per heavy atom. The van der Waals surface area contributed by atoms with E-state index < -0.39 is 5.97 Å². The van der Waals surface area contributed by atoms with E-state index in [0.717, 1.165) is 0 Å². The normalized spacial score (nSPS) is 16.6. The van der Waals surface area contributed by atoms with Gasteiger partial charge in [-0.15, -0.1) is 0 Å². The van der Waals surface area contributed by atoms with Crippen LogP contribution in [0.5, 0.6) is 5.75 Å². The lowest BCUT2D eigenvalue weighted by atomic mass is 10.2. The highest BCUT2D eigenvalue weighted by Crippen LogP contribution is 2.34. The van der Waals surface area contributed by atoms with E-state index in [0.29, 0.717) is 48.3 Å². The van der Waals surface area contributed by atoms with Gasteiger partial charge in [-0.25, -0.2) is 9.18 Å². The fourth-order valence-corrected chi connectivity index (χ4v) is 3.70. The van der Waals surface area contributed by atoms with Crippen LogP contribution in [0.15, 0.2) is 42.5 Å². The number of carbonyl (C=O) groups excluding carboxylic acids is 2. The number of hydrogen-bond donors (Lipinski definition) is 0. The Balaban J connectivity index is 1.41. The highest BCUT2D eigenvalue weighted by atomic mass is 35.5. The molecule has 2 heterocycles. The Hall–Kier alpha value is -2.80. The second-order valence-electron chi connectivity index (χ2n) is 6.76. The predicted molar refractivity (Wildman–Crippen MR) is 104 cm³/mol. The monoisotopic (exact) mass is 403 g/mol. The zero-order valence-corrected chi connectivity index (χ0v) is 15.9. The average Bonchev–Trinajstić information content (AvgIpc) is 2.69. The van der Waals surface area contributed by atoms with Gasteiger partial charge in [0.25, 0.3) is 0 Å². The molecule has 2 aliphatic heterocycles. The Labute approximate surface area is 167 Å². The number of hydrogen-bond acceptors (Lipinski definition) is 5. The van der Waals surface area contributed by atoms with Gasteiger partial charge in [0, 0.05) is 31.2 Å². The first-order valence-corrected chi connectivity index (χ1v) is 9.41. The Bertz CT molecular complexity index is 915. The molecule has 2 aromatic carbocycles. The van der Waals surface area contributed by atoms with Gasteiger partial charge in [-0.3, -0.25) is 4.79 Å². The van der Waals surface area contributed by atoms with Crippen LogP contribution in [0, 0.1) is 5.82 Å². The molecule has 0 N–H and O–H groups in total. The molecule has 2 aliphatic rings. The van der Waals surface area contributed by atoms with Crippen molar-refractivity contribution in [2.45, 2.75) is 0 Å². The molecule has 0 aromatic heterocycles. The molecule has 0 radical (unpaired) electrons. The molecule has 146 valence electrons. The van der Waals surface area contributed by atoms with Gasteiger partial charge in [-0.1, -0.05) is 23.7 Å². The van der Waals surface area contributed by atoms with E-state index >= 15 is 0 Å². The molecule has 1 fully saturated rings. The van der Waals surface area contributed by atoms with Gasteiger partial charge in [0.15, 0.2) is 5.75 Å². The largest absolute Gasteiger partial charge is 0.423 e. The number of rotatable bonds is 3. The second kappa shape index (κ2) is 7.67. The molecule has 8 heteroatoms. The van der Waals surface area contributed by atoms with Crippen LogP contribution in [0.1, 0.15) is 0 Å². The van der Waals surface area contributed by atoms with Crippen LogP contribution in [0.2, 0.25) is 5.02 Å². The number of piperazine rings is 1. The van der Waals surface area contributed by atoms with Crippen molar-refractivity contribution in [1.82, 2.24) is 4.90 Å². The summed E-state index contributed by atoms with van der Waals surface area (Å²) in [7, 11) is 0. The highest BCUT2D eigenvalue weighted by Gasteiger charge is 2.29. The van der Waals surface area contributed by atoms with Crippen molar-refractivity contribution in [2.75, 3.05) is 49.1 Å². The molecule has 28 heavy (non-hydrogen) atoms. The van der Waals surface area contributed by atoms with E-state index in [1.807, 2.05) is 4.90 Å². The van der Waals surface area contributed by atoms with Gasteiger partial charge in [0.2, 0.25) is 5.91 Å². The molecule has 0 saturated carbocycles. The van der Waals surface area contributed by atoms with Crippen LogP contribution < -0.4 is 14.5 Å². The Morgan fingerprint density at radius 1 is 1.07 bits per heavy atom. The highest BCUT2D eigenvalue weighted by molar-refractivity contribution is 6.31. The summed E-state index contributed by atoms with van der Waals surface area (Å²) in [5, 5.41) is 0.507. The molecule has 0 spiro atoms. The lowest BCUT2D eigenvalue weighted by molar-refractivity contribution is -0.133. The first kappa shape index (κ1) is 18.6.